The molecule has 26 heavy (non-hydrogen) atoms. The lowest BCUT2D eigenvalue weighted by molar-refractivity contribution is -0.131. The second-order valence-corrected chi connectivity index (χ2v) is 8.29. The lowest BCUT2D eigenvalue weighted by atomic mass is 10.2. The van der Waals surface area contributed by atoms with E-state index in [1.54, 1.807) is 11.8 Å². The zero-order valence-electron chi connectivity index (χ0n) is 14.5. The van der Waals surface area contributed by atoms with Gasteiger partial charge >= 0.3 is 0 Å². The number of hydrogen-bond acceptors (Lipinski definition) is 3. The van der Waals surface area contributed by atoms with E-state index in [0.717, 1.165) is 54.1 Å². The molecule has 1 amide bonds. The highest BCUT2D eigenvalue weighted by atomic mass is 35.5. The molecule has 0 N–H and O–H groups in total. The van der Waals surface area contributed by atoms with E-state index in [2.05, 4.69) is 11.0 Å². The van der Waals surface area contributed by atoms with Crippen molar-refractivity contribution in [3.8, 4) is 0 Å². The van der Waals surface area contributed by atoms with Crippen molar-refractivity contribution in [2.24, 2.45) is 0 Å². The van der Waals surface area contributed by atoms with Crippen LogP contribution < -0.4 is 4.90 Å². The first-order valence-corrected chi connectivity index (χ1v) is 10.5. The van der Waals surface area contributed by atoms with Gasteiger partial charge in [0.1, 0.15) is 0 Å². The van der Waals surface area contributed by atoms with E-state index in [4.69, 9.17) is 23.2 Å². The molecule has 1 aliphatic rings. The van der Waals surface area contributed by atoms with E-state index in [-0.39, 0.29) is 5.91 Å². The summed E-state index contributed by atoms with van der Waals surface area (Å²) in [5, 5.41) is 1.50. The molecule has 1 saturated heterocycles. The first kappa shape index (κ1) is 19.4. The van der Waals surface area contributed by atoms with Crippen molar-refractivity contribution in [2.75, 3.05) is 36.8 Å². The largest absolute Gasteiger partial charge is 0.368 e. The molecule has 1 fully saturated rings. The van der Waals surface area contributed by atoms with Crippen LogP contribution in [0.15, 0.2) is 53.4 Å². The number of piperazine rings is 1. The normalized spacial score (nSPS) is 14.5. The summed E-state index contributed by atoms with van der Waals surface area (Å²) in [7, 11) is 0. The number of benzene rings is 2. The summed E-state index contributed by atoms with van der Waals surface area (Å²) < 4.78 is 0. The minimum absolute atomic E-state index is 0.257. The molecule has 0 aromatic heterocycles. The number of nitrogens with zero attached hydrogens (tertiary/aromatic N) is 2. The molecule has 1 heterocycles. The summed E-state index contributed by atoms with van der Waals surface area (Å²) in [6, 6.07) is 15.7. The zero-order valence-corrected chi connectivity index (χ0v) is 16.9. The quantitative estimate of drug-likeness (QED) is 0.483. The Labute approximate surface area is 169 Å². The van der Waals surface area contributed by atoms with Gasteiger partial charge in [-0.25, -0.2) is 0 Å². The molecule has 2 aromatic carbocycles. The molecule has 0 aliphatic carbocycles. The highest BCUT2D eigenvalue weighted by Gasteiger charge is 2.20. The molecule has 6 heteroatoms. The van der Waals surface area contributed by atoms with Gasteiger partial charge in [-0.3, -0.25) is 4.79 Å². The Morgan fingerprint density at radius 1 is 0.962 bits per heavy atom. The SMILES string of the molecule is O=C(CCCSc1ccc(Cl)cc1)N1CCN(c2cccc(Cl)c2)CC1. The van der Waals surface area contributed by atoms with Crippen molar-refractivity contribution >= 4 is 46.6 Å². The Kier molecular flexibility index (Phi) is 7.12. The molecule has 0 saturated carbocycles. The Morgan fingerprint density at radius 3 is 2.38 bits per heavy atom. The molecule has 3 nitrogen and oxygen atoms in total. The highest BCUT2D eigenvalue weighted by Crippen LogP contribution is 2.23. The first-order chi connectivity index (χ1) is 12.6. The lowest BCUT2D eigenvalue weighted by Crippen LogP contribution is -2.48. The fourth-order valence-corrected chi connectivity index (χ4v) is 4.15. The second kappa shape index (κ2) is 9.54. The van der Waals surface area contributed by atoms with Gasteiger partial charge in [0.05, 0.1) is 0 Å². The minimum atomic E-state index is 0.257. The van der Waals surface area contributed by atoms with E-state index in [1.165, 1.54) is 4.90 Å². The average Bonchev–Trinajstić information content (AvgIpc) is 2.66. The maximum absolute atomic E-state index is 12.4. The molecule has 0 spiro atoms. The molecule has 3 rings (SSSR count). The van der Waals surface area contributed by atoms with E-state index >= 15 is 0 Å². The molecule has 0 bridgehead atoms. The zero-order chi connectivity index (χ0) is 18.4. The number of carbonyl (C=O) groups excluding carboxylic acids is 1. The number of carbonyl (C=O) groups is 1. The predicted octanol–water partition coefficient (Wildman–Crippen LogP) is 5.21. The molecule has 0 atom stereocenters. The number of anilines is 1. The topological polar surface area (TPSA) is 23.6 Å². The van der Waals surface area contributed by atoms with E-state index in [1.807, 2.05) is 47.4 Å². The first-order valence-electron chi connectivity index (χ1n) is 8.78. The van der Waals surface area contributed by atoms with Crippen LogP contribution in [0, 0.1) is 0 Å². The Bertz CT molecular complexity index is 731. The van der Waals surface area contributed by atoms with E-state index < -0.39 is 0 Å². The van der Waals surface area contributed by atoms with Crippen molar-refractivity contribution in [1.29, 1.82) is 0 Å². The summed E-state index contributed by atoms with van der Waals surface area (Å²) in [5.74, 6) is 1.20. The van der Waals surface area contributed by atoms with Crippen LogP contribution in [0.5, 0.6) is 0 Å². The molecule has 0 radical (unpaired) electrons. The fraction of sp³-hybridized carbons (Fsp3) is 0.350. The number of hydrogen-bond donors (Lipinski definition) is 0. The number of amides is 1. The van der Waals surface area contributed by atoms with Crippen LogP contribution in [-0.4, -0.2) is 42.7 Å². The van der Waals surface area contributed by atoms with Crippen LogP contribution in [0.3, 0.4) is 0 Å². The van der Waals surface area contributed by atoms with Gasteiger partial charge in [0.15, 0.2) is 0 Å². The molecular weight excluding hydrogens is 387 g/mol. The van der Waals surface area contributed by atoms with Crippen molar-refractivity contribution < 1.29 is 4.79 Å². The number of rotatable bonds is 6. The summed E-state index contributed by atoms with van der Waals surface area (Å²) in [5.41, 5.74) is 1.13. The van der Waals surface area contributed by atoms with Crippen molar-refractivity contribution in [2.45, 2.75) is 17.7 Å². The monoisotopic (exact) mass is 408 g/mol. The Hall–Kier alpha value is -1.36. The average molecular weight is 409 g/mol. The minimum Gasteiger partial charge on any atom is -0.368 e. The molecule has 1 aliphatic heterocycles. The fourth-order valence-electron chi connectivity index (χ4n) is 2.99. The van der Waals surface area contributed by atoms with Gasteiger partial charge in [-0.15, -0.1) is 11.8 Å². The Morgan fingerprint density at radius 2 is 1.69 bits per heavy atom. The van der Waals surface area contributed by atoms with Gasteiger partial charge in [-0.05, 0) is 54.6 Å². The van der Waals surface area contributed by atoms with Crippen molar-refractivity contribution in [3.63, 3.8) is 0 Å². The summed E-state index contributed by atoms with van der Waals surface area (Å²) in [6.45, 7) is 3.25. The second-order valence-electron chi connectivity index (χ2n) is 6.25. The standard InChI is InChI=1S/C20H22Cl2N2OS/c21-16-6-8-19(9-7-16)26-14-2-5-20(25)24-12-10-23(11-13-24)18-4-1-3-17(22)15-18/h1,3-4,6-9,15H,2,5,10-14H2. The summed E-state index contributed by atoms with van der Waals surface area (Å²) >= 11 is 13.7. The maximum atomic E-state index is 12.4. The van der Waals surface area contributed by atoms with Crippen molar-refractivity contribution in [3.05, 3.63) is 58.6 Å². The van der Waals surface area contributed by atoms with Gasteiger partial charge in [-0.2, -0.15) is 0 Å². The van der Waals surface area contributed by atoms with Gasteiger partial charge in [0.25, 0.3) is 0 Å². The third-order valence-corrected chi connectivity index (χ3v) is 6.01. The van der Waals surface area contributed by atoms with Crippen LogP contribution >= 0.6 is 35.0 Å². The highest BCUT2D eigenvalue weighted by molar-refractivity contribution is 7.99. The molecular formula is C20H22Cl2N2OS. The summed E-state index contributed by atoms with van der Waals surface area (Å²) in [6.07, 6.45) is 1.50. The van der Waals surface area contributed by atoms with E-state index in [0.29, 0.717) is 6.42 Å². The van der Waals surface area contributed by atoms with Crippen molar-refractivity contribution in [1.82, 2.24) is 4.90 Å². The smallest absolute Gasteiger partial charge is 0.222 e. The third kappa shape index (κ3) is 5.57. The van der Waals surface area contributed by atoms with Crippen LogP contribution in [0.1, 0.15) is 12.8 Å². The lowest BCUT2D eigenvalue weighted by Gasteiger charge is -2.36. The summed E-state index contributed by atoms with van der Waals surface area (Å²) in [4.78, 5) is 17.9. The maximum Gasteiger partial charge on any atom is 0.222 e. The Balaban J connectivity index is 1.37. The molecule has 0 unspecified atom stereocenters. The van der Waals surface area contributed by atoms with Crippen LogP contribution in [0.4, 0.5) is 5.69 Å². The molecule has 138 valence electrons. The molecule has 2 aromatic rings. The van der Waals surface area contributed by atoms with Crippen LogP contribution in [-0.2, 0) is 4.79 Å². The number of halogens is 2. The van der Waals surface area contributed by atoms with Gasteiger partial charge < -0.3 is 9.80 Å². The predicted molar refractivity (Wildman–Crippen MR) is 112 cm³/mol. The van der Waals surface area contributed by atoms with E-state index in [9.17, 15) is 4.79 Å². The van der Waals surface area contributed by atoms with Crippen LogP contribution in [0.2, 0.25) is 10.0 Å². The number of thioether (sulfide) groups is 1. The third-order valence-electron chi connectivity index (χ3n) is 4.42. The van der Waals surface area contributed by atoms with Gasteiger partial charge in [0, 0.05) is 53.2 Å². The van der Waals surface area contributed by atoms with Gasteiger partial charge in [0.2, 0.25) is 5.91 Å². The van der Waals surface area contributed by atoms with Gasteiger partial charge in [-0.1, -0.05) is 29.3 Å². The van der Waals surface area contributed by atoms with Crippen LogP contribution in [0.25, 0.3) is 0 Å².